The van der Waals surface area contributed by atoms with Crippen LogP contribution in [0, 0.1) is 5.82 Å². The lowest BCUT2D eigenvalue weighted by atomic mass is 10.2. The summed E-state index contributed by atoms with van der Waals surface area (Å²) in [6, 6.07) is 10.1. The summed E-state index contributed by atoms with van der Waals surface area (Å²) in [6.45, 7) is 0. The molecule has 2 heterocycles. The molecule has 6 nitrogen and oxygen atoms in total. The van der Waals surface area contributed by atoms with Gasteiger partial charge in [0.2, 0.25) is 0 Å². The van der Waals surface area contributed by atoms with Crippen LogP contribution in [0.25, 0.3) is 5.69 Å². The van der Waals surface area contributed by atoms with Crippen molar-refractivity contribution in [2.75, 3.05) is 5.32 Å². The SMILES string of the molecule is Cn1ccc(C(=O)Nc2ccnn2-c2ccc(F)cc2)cc1=O. The number of benzene rings is 1. The topological polar surface area (TPSA) is 68.9 Å². The molecule has 1 N–H and O–H groups in total. The van der Waals surface area contributed by atoms with Gasteiger partial charge in [0.25, 0.3) is 11.5 Å². The molecule has 1 aromatic carbocycles. The molecular formula is C16H13FN4O2. The molecule has 0 spiro atoms. The minimum atomic E-state index is -0.424. The predicted octanol–water partition coefficient (Wildman–Crippen LogP) is 1.96. The van der Waals surface area contributed by atoms with Gasteiger partial charge in [-0.25, -0.2) is 9.07 Å². The van der Waals surface area contributed by atoms with Gasteiger partial charge in [-0.1, -0.05) is 0 Å². The van der Waals surface area contributed by atoms with Crippen molar-refractivity contribution in [3.63, 3.8) is 0 Å². The standard InChI is InChI=1S/C16H13FN4O2/c1-20-9-7-11(10-15(20)22)16(23)19-14-6-8-18-21(14)13-4-2-12(17)3-5-13/h2-10H,1H3,(H,19,23). The van der Waals surface area contributed by atoms with Crippen LogP contribution in [0.5, 0.6) is 0 Å². The zero-order chi connectivity index (χ0) is 16.4. The first-order valence-electron chi connectivity index (χ1n) is 6.82. The maximum absolute atomic E-state index is 13.0. The number of hydrogen-bond acceptors (Lipinski definition) is 3. The molecule has 23 heavy (non-hydrogen) atoms. The molecule has 0 unspecified atom stereocenters. The molecule has 2 aromatic heterocycles. The van der Waals surface area contributed by atoms with Crippen LogP contribution in [0.4, 0.5) is 10.2 Å². The Morgan fingerprint density at radius 1 is 1.17 bits per heavy atom. The number of nitrogens with zero attached hydrogens (tertiary/aromatic N) is 3. The van der Waals surface area contributed by atoms with E-state index in [1.807, 2.05) is 0 Å². The highest BCUT2D eigenvalue weighted by Gasteiger charge is 2.11. The highest BCUT2D eigenvalue weighted by Crippen LogP contribution is 2.16. The normalized spacial score (nSPS) is 10.5. The number of amides is 1. The van der Waals surface area contributed by atoms with Crippen LogP contribution in [-0.4, -0.2) is 20.3 Å². The number of rotatable bonds is 3. The zero-order valence-electron chi connectivity index (χ0n) is 12.2. The number of carbonyl (C=O) groups is 1. The Kier molecular flexibility index (Phi) is 3.76. The van der Waals surface area contributed by atoms with E-state index in [0.717, 1.165) is 0 Å². The van der Waals surface area contributed by atoms with Crippen molar-refractivity contribution in [2.24, 2.45) is 7.05 Å². The van der Waals surface area contributed by atoms with Crippen LogP contribution >= 0.6 is 0 Å². The molecule has 0 atom stereocenters. The van der Waals surface area contributed by atoms with Crippen molar-refractivity contribution in [2.45, 2.75) is 0 Å². The molecule has 0 radical (unpaired) electrons. The summed E-state index contributed by atoms with van der Waals surface area (Å²) in [7, 11) is 1.60. The van der Waals surface area contributed by atoms with E-state index >= 15 is 0 Å². The van der Waals surface area contributed by atoms with Crippen LogP contribution < -0.4 is 10.9 Å². The van der Waals surface area contributed by atoms with Gasteiger partial charge in [0.1, 0.15) is 11.6 Å². The summed E-state index contributed by atoms with van der Waals surface area (Å²) in [6.07, 6.45) is 3.04. The van der Waals surface area contributed by atoms with Gasteiger partial charge in [-0.15, -0.1) is 0 Å². The fraction of sp³-hybridized carbons (Fsp3) is 0.0625. The zero-order valence-corrected chi connectivity index (χ0v) is 12.2. The largest absolute Gasteiger partial charge is 0.319 e. The number of aryl methyl sites for hydroxylation is 1. The molecule has 0 fully saturated rings. The predicted molar refractivity (Wildman–Crippen MR) is 83.2 cm³/mol. The average molecular weight is 312 g/mol. The maximum atomic E-state index is 13.0. The lowest BCUT2D eigenvalue weighted by molar-refractivity contribution is 0.102. The third-order valence-corrected chi connectivity index (χ3v) is 3.32. The van der Waals surface area contributed by atoms with Crippen molar-refractivity contribution < 1.29 is 9.18 Å². The molecule has 0 aliphatic carbocycles. The fourth-order valence-corrected chi connectivity index (χ4v) is 2.06. The third-order valence-electron chi connectivity index (χ3n) is 3.32. The van der Waals surface area contributed by atoms with E-state index in [1.54, 1.807) is 31.3 Å². The molecule has 0 bridgehead atoms. The van der Waals surface area contributed by atoms with E-state index in [0.29, 0.717) is 11.5 Å². The maximum Gasteiger partial charge on any atom is 0.257 e. The smallest absolute Gasteiger partial charge is 0.257 e. The first-order chi connectivity index (χ1) is 11.0. The van der Waals surface area contributed by atoms with Crippen molar-refractivity contribution >= 4 is 11.7 Å². The number of aromatic nitrogens is 3. The van der Waals surface area contributed by atoms with Crippen molar-refractivity contribution in [3.05, 3.63) is 76.6 Å². The van der Waals surface area contributed by atoms with E-state index < -0.39 is 5.91 Å². The van der Waals surface area contributed by atoms with E-state index in [2.05, 4.69) is 10.4 Å². The summed E-state index contributed by atoms with van der Waals surface area (Å²) in [5.41, 5.74) is 0.584. The lowest BCUT2D eigenvalue weighted by Gasteiger charge is -2.09. The third kappa shape index (κ3) is 3.03. The van der Waals surface area contributed by atoms with Crippen LogP contribution in [0.3, 0.4) is 0 Å². The van der Waals surface area contributed by atoms with Gasteiger partial charge in [0, 0.05) is 30.9 Å². The Morgan fingerprint density at radius 3 is 2.61 bits per heavy atom. The Labute approximate surface area is 130 Å². The van der Waals surface area contributed by atoms with Crippen molar-refractivity contribution in [3.8, 4) is 5.69 Å². The average Bonchev–Trinajstić information content (AvgIpc) is 2.99. The molecule has 0 aliphatic rings. The molecule has 3 aromatic rings. The van der Waals surface area contributed by atoms with Crippen LogP contribution in [0.15, 0.2) is 59.7 Å². The van der Waals surface area contributed by atoms with Gasteiger partial charge in [-0.3, -0.25) is 9.59 Å². The quantitative estimate of drug-likeness (QED) is 0.804. The molecule has 0 saturated heterocycles. The monoisotopic (exact) mass is 312 g/mol. The van der Waals surface area contributed by atoms with Crippen molar-refractivity contribution in [1.82, 2.24) is 14.3 Å². The lowest BCUT2D eigenvalue weighted by Crippen LogP contribution is -2.20. The van der Waals surface area contributed by atoms with E-state index in [1.165, 1.54) is 39.8 Å². The number of halogens is 1. The second kappa shape index (κ2) is 5.88. The number of pyridine rings is 1. The minimum absolute atomic E-state index is 0.250. The van der Waals surface area contributed by atoms with Crippen LogP contribution in [-0.2, 0) is 7.05 Å². The molecular weight excluding hydrogens is 299 g/mol. The molecule has 7 heteroatoms. The second-order valence-electron chi connectivity index (χ2n) is 4.92. The minimum Gasteiger partial charge on any atom is -0.319 e. The second-order valence-corrected chi connectivity index (χ2v) is 4.92. The van der Waals surface area contributed by atoms with Crippen LogP contribution in [0.1, 0.15) is 10.4 Å². The highest BCUT2D eigenvalue weighted by molar-refractivity contribution is 6.03. The molecule has 3 rings (SSSR count). The summed E-state index contributed by atoms with van der Waals surface area (Å²) in [4.78, 5) is 23.8. The van der Waals surface area contributed by atoms with Gasteiger partial charge in [0.05, 0.1) is 11.9 Å². The molecule has 0 saturated carbocycles. The summed E-state index contributed by atoms with van der Waals surface area (Å²) < 4.78 is 15.8. The van der Waals surface area contributed by atoms with E-state index in [9.17, 15) is 14.0 Å². The molecule has 116 valence electrons. The summed E-state index contributed by atoms with van der Waals surface area (Å²) in [5, 5.41) is 6.79. The Hall–Kier alpha value is -3.22. The van der Waals surface area contributed by atoms with E-state index in [4.69, 9.17) is 0 Å². The first-order valence-corrected chi connectivity index (χ1v) is 6.82. The first kappa shape index (κ1) is 14.7. The highest BCUT2D eigenvalue weighted by atomic mass is 19.1. The van der Waals surface area contributed by atoms with E-state index in [-0.39, 0.29) is 16.9 Å². The Morgan fingerprint density at radius 2 is 1.91 bits per heavy atom. The molecule has 1 amide bonds. The number of carbonyl (C=O) groups excluding carboxylic acids is 1. The van der Waals surface area contributed by atoms with Crippen LogP contribution in [0.2, 0.25) is 0 Å². The summed E-state index contributed by atoms with van der Waals surface area (Å²) in [5.74, 6) is -0.361. The van der Waals surface area contributed by atoms with Crippen molar-refractivity contribution in [1.29, 1.82) is 0 Å². The fourth-order valence-electron chi connectivity index (χ4n) is 2.06. The van der Waals surface area contributed by atoms with Gasteiger partial charge >= 0.3 is 0 Å². The number of hydrogen-bond donors (Lipinski definition) is 1. The molecule has 0 aliphatic heterocycles. The Balaban J connectivity index is 1.87. The van der Waals surface area contributed by atoms with Gasteiger partial charge in [-0.05, 0) is 30.3 Å². The number of nitrogens with one attached hydrogen (secondary N) is 1. The number of anilines is 1. The van der Waals surface area contributed by atoms with Gasteiger partial charge < -0.3 is 9.88 Å². The van der Waals surface area contributed by atoms with Gasteiger partial charge in [0.15, 0.2) is 0 Å². The summed E-state index contributed by atoms with van der Waals surface area (Å²) >= 11 is 0. The Bertz CT molecular complexity index is 912. The van der Waals surface area contributed by atoms with Gasteiger partial charge in [-0.2, -0.15) is 5.10 Å².